The molecule has 2 aromatic carbocycles. The van der Waals surface area contributed by atoms with Gasteiger partial charge in [0.25, 0.3) is 0 Å². The molecular weight excluding hydrogens is 296 g/mol. The van der Waals surface area contributed by atoms with E-state index in [1.54, 1.807) is 0 Å². The molecule has 1 saturated carbocycles. The molecular formula is C21H24N2O. The van der Waals surface area contributed by atoms with Crippen LogP contribution in [0.2, 0.25) is 0 Å². The monoisotopic (exact) mass is 320 g/mol. The highest BCUT2D eigenvalue weighted by molar-refractivity contribution is 5.79. The lowest BCUT2D eigenvalue weighted by atomic mass is 9.91. The number of hydrogen-bond acceptors (Lipinski definition) is 2. The molecule has 1 unspecified atom stereocenters. The first-order valence-electron chi connectivity index (χ1n) is 9.00. The molecule has 0 bridgehead atoms. The first-order valence-corrected chi connectivity index (χ1v) is 9.00. The van der Waals surface area contributed by atoms with Crippen molar-refractivity contribution in [2.45, 2.75) is 50.6 Å². The van der Waals surface area contributed by atoms with Crippen molar-refractivity contribution in [1.29, 1.82) is 0 Å². The minimum atomic E-state index is 0.158. The summed E-state index contributed by atoms with van der Waals surface area (Å²) >= 11 is 0. The number of rotatable bonds is 4. The largest absolute Gasteiger partial charge is 0.378 e. The SMILES string of the molecule is O=C(Cc1ccc2c(c1)CCC(c1ccccc1)N2)NC1CCC1. The quantitative estimate of drug-likeness (QED) is 0.894. The summed E-state index contributed by atoms with van der Waals surface area (Å²) in [5.74, 6) is 0.158. The molecule has 1 amide bonds. The van der Waals surface area contributed by atoms with Gasteiger partial charge >= 0.3 is 0 Å². The number of anilines is 1. The lowest BCUT2D eigenvalue weighted by molar-refractivity contribution is -0.121. The van der Waals surface area contributed by atoms with Crippen LogP contribution in [-0.4, -0.2) is 11.9 Å². The summed E-state index contributed by atoms with van der Waals surface area (Å²) in [6.07, 6.45) is 6.17. The summed E-state index contributed by atoms with van der Waals surface area (Å²) in [6, 6.07) is 17.8. The Hall–Kier alpha value is -2.29. The van der Waals surface area contributed by atoms with Crippen LogP contribution in [0.3, 0.4) is 0 Å². The lowest BCUT2D eigenvalue weighted by Crippen LogP contribution is -2.40. The van der Waals surface area contributed by atoms with Gasteiger partial charge < -0.3 is 10.6 Å². The van der Waals surface area contributed by atoms with Crippen molar-refractivity contribution < 1.29 is 4.79 Å². The second-order valence-electron chi connectivity index (χ2n) is 7.01. The predicted octanol–water partition coefficient (Wildman–Crippen LogP) is 4.00. The maximum absolute atomic E-state index is 12.1. The standard InChI is InChI=1S/C21H24N2O/c24-21(22-18-7-4-8-18)14-15-9-11-20-17(13-15)10-12-19(23-20)16-5-2-1-3-6-16/h1-3,5-6,9,11,13,18-19,23H,4,7-8,10,12,14H2,(H,22,24). The van der Waals surface area contributed by atoms with Crippen LogP contribution in [0.4, 0.5) is 5.69 Å². The van der Waals surface area contributed by atoms with Gasteiger partial charge in [0.05, 0.1) is 12.5 Å². The van der Waals surface area contributed by atoms with Crippen molar-refractivity contribution >= 4 is 11.6 Å². The zero-order chi connectivity index (χ0) is 16.4. The smallest absolute Gasteiger partial charge is 0.224 e. The average molecular weight is 320 g/mol. The third-order valence-corrected chi connectivity index (χ3v) is 5.24. The summed E-state index contributed by atoms with van der Waals surface area (Å²) in [5, 5.41) is 6.76. The molecule has 1 aliphatic carbocycles. The number of carbonyl (C=O) groups is 1. The van der Waals surface area contributed by atoms with E-state index in [0.717, 1.165) is 31.2 Å². The van der Waals surface area contributed by atoms with Gasteiger partial charge in [0.2, 0.25) is 5.91 Å². The Bertz CT molecular complexity index is 722. The number of hydrogen-bond donors (Lipinski definition) is 2. The zero-order valence-electron chi connectivity index (χ0n) is 13.9. The minimum absolute atomic E-state index is 0.158. The highest BCUT2D eigenvalue weighted by atomic mass is 16.1. The first-order chi connectivity index (χ1) is 11.8. The van der Waals surface area contributed by atoms with Crippen LogP contribution in [0, 0.1) is 0 Å². The van der Waals surface area contributed by atoms with Crippen molar-refractivity contribution in [2.24, 2.45) is 0 Å². The summed E-state index contributed by atoms with van der Waals surface area (Å²) in [5.41, 5.74) is 4.99. The summed E-state index contributed by atoms with van der Waals surface area (Å²) in [6.45, 7) is 0. The van der Waals surface area contributed by atoms with Crippen LogP contribution in [0.1, 0.15) is 48.4 Å². The highest BCUT2D eigenvalue weighted by Crippen LogP contribution is 2.33. The van der Waals surface area contributed by atoms with Crippen molar-refractivity contribution in [3.63, 3.8) is 0 Å². The topological polar surface area (TPSA) is 41.1 Å². The van der Waals surface area contributed by atoms with Crippen LogP contribution in [0.15, 0.2) is 48.5 Å². The number of fused-ring (bicyclic) bond motifs is 1. The molecule has 1 atom stereocenters. The Balaban J connectivity index is 1.42. The summed E-state index contributed by atoms with van der Waals surface area (Å²) in [7, 11) is 0. The minimum Gasteiger partial charge on any atom is -0.378 e. The van der Waals surface area contributed by atoms with Gasteiger partial charge in [-0.25, -0.2) is 0 Å². The van der Waals surface area contributed by atoms with E-state index in [4.69, 9.17) is 0 Å². The third kappa shape index (κ3) is 3.30. The Morgan fingerprint density at radius 2 is 1.92 bits per heavy atom. The second-order valence-corrected chi connectivity index (χ2v) is 7.01. The second kappa shape index (κ2) is 6.68. The van der Waals surface area contributed by atoms with Gasteiger partial charge in [-0.2, -0.15) is 0 Å². The zero-order valence-corrected chi connectivity index (χ0v) is 13.9. The Labute approximate surface area is 143 Å². The molecule has 3 nitrogen and oxygen atoms in total. The number of nitrogens with one attached hydrogen (secondary N) is 2. The van der Waals surface area contributed by atoms with Gasteiger partial charge in [-0.3, -0.25) is 4.79 Å². The molecule has 4 rings (SSSR count). The highest BCUT2D eigenvalue weighted by Gasteiger charge is 2.21. The molecule has 0 radical (unpaired) electrons. The van der Waals surface area contributed by atoms with E-state index in [0.29, 0.717) is 18.5 Å². The maximum Gasteiger partial charge on any atom is 0.224 e. The van der Waals surface area contributed by atoms with E-state index in [-0.39, 0.29) is 5.91 Å². The van der Waals surface area contributed by atoms with Crippen LogP contribution in [0.25, 0.3) is 0 Å². The number of carbonyl (C=O) groups excluding carboxylic acids is 1. The van der Waals surface area contributed by atoms with Crippen molar-refractivity contribution in [3.8, 4) is 0 Å². The van der Waals surface area contributed by atoms with Crippen molar-refractivity contribution in [1.82, 2.24) is 5.32 Å². The first kappa shape index (κ1) is 15.3. The van der Waals surface area contributed by atoms with Gasteiger partial charge in [-0.15, -0.1) is 0 Å². The van der Waals surface area contributed by atoms with Crippen LogP contribution in [-0.2, 0) is 17.6 Å². The number of amides is 1. The van der Waals surface area contributed by atoms with E-state index >= 15 is 0 Å². The van der Waals surface area contributed by atoms with Crippen LogP contribution in [0.5, 0.6) is 0 Å². The fourth-order valence-electron chi connectivity index (χ4n) is 3.62. The van der Waals surface area contributed by atoms with Gasteiger partial charge in [0.1, 0.15) is 0 Å². The van der Waals surface area contributed by atoms with Crippen LogP contribution >= 0.6 is 0 Å². The van der Waals surface area contributed by atoms with E-state index in [1.165, 1.54) is 23.2 Å². The molecule has 2 aromatic rings. The molecule has 1 fully saturated rings. The molecule has 0 saturated heterocycles. The molecule has 1 aliphatic heterocycles. The van der Waals surface area contributed by atoms with Gasteiger partial charge in [0, 0.05) is 11.7 Å². The van der Waals surface area contributed by atoms with E-state index in [9.17, 15) is 4.79 Å². The molecule has 124 valence electrons. The maximum atomic E-state index is 12.1. The fraction of sp³-hybridized carbons (Fsp3) is 0.381. The normalized spacial score (nSPS) is 19.8. The van der Waals surface area contributed by atoms with Gasteiger partial charge in [0.15, 0.2) is 0 Å². The molecule has 3 heteroatoms. The molecule has 0 spiro atoms. The van der Waals surface area contributed by atoms with Gasteiger partial charge in [-0.1, -0.05) is 42.5 Å². The summed E-state index contributed by atoms with van der Waals surface area (Å²) < 4.78 is 0. The van der Waals surface area contributed by atoms with E-state index < -0.39 is 0 Å². The Kier molecular flexibility index (Phi) is 4.24. The molecule has 24 heavy (non-hydrogen) atoms. The average Bonchev–Trinajstić information content (AvgIpc) is 2.58. The van der Waals surface area contributed by atoms with Crippen LogP contribution < -0.4 is 10.6 Å². The third-order valence-electron chi connectivity index (χ3n) is 5.24. The molecule has 1 heterocycles. The lowest BCUT2D eigenvalue weighted by Gasteiger charge is -2.28. The van der Waals surface area contributed by atoms with Crippen molar-refractivity contribution in [3.05, 3.63) is 65.2 Å². The molecule has 2 aliphatic rings. The fourth-order valence-corrected chi connectivity index (χ4v) is 3.62. The summed E-state index contributed by atoms with van der Waals surface area (Å²) in [4.78, 5) is 12.1. The van der Waals surface area contributed by atoms with Crippen molar-refractivity contribution in [2.75, 3.05) is 5.32 Å². The van der Waals surface area contributed by atoms with E-state index in [1.807, 2.05) is 0 Å². The van der Waals surface area contributed by atoms with Gasteiger partial charge in [-0.05, 0) is 54.9 Å². The predicted molar refractivity (Wildman–Crippen MR) is 97.1 cm³/mol. The number of benzene rings is 2. The Morgan fingerprint density at radius 1 is 1.08 bits per heavy atom. The number of aryl methyl sites for hydroxylation is 1. The Morgan fingerprint density at radius 3 is 2.67 bits per heavy atom. The molecule has 2 N–H and O–H groups in total. The van der Waals surface area contributed by atoms with E-state index in [2.05, 4.69) is 59.2 Å². The molecule has 0 aromatic heterocycles.